The first-order valence-electron chi connectivity index (χ1n) is 8.06. The molecule has 8 heteroatoms. The largest absolute Gasteiger partial charge is 0.302 e. The molecule has 3 rings (SSSR count). The third-order valence-corrected chi connectivity index (χ3v) is 5.64. The van der Waals surface area contributed by atoms with Gasteiger partial charge in [-0.05, 0) is 26.0 Å². The van der Waals surface area contributed by atoms with Crippen molar-refractivity contribution in [2.24, 2.45) is 0 Å². The number of hydrogen-bond donors (Lipinski definition) is 0. The normalized spacial score (nSPS) is 10.9. The highest BCUT2D eigenvalue weighted by atomic mass is 79.9. The number of nitro groups is 1. The van der Waals surface area contributed by atoms with Crippen LogP contribution in [0.3, 0.4) is 0 Å². The first-order chi connectivity index (χ1) is 12.5. The van der Waals surface area contributed by atoms with Gasteiger partial charge in [-0.15, -0.1) is 10.2 Å². The van der Waals surface area contributed by atoms with Crippen LogP contribution in [0.5, 0.6) is 0 Å². The van der Waals surface area contributed by atoms with Crippen LogP contribution >= 0.6 is 27.7 Å². The molecule has 134 valence electrons. The number of nitrogens with zero attached hydrogens (tertiary/aromatic N) is 4. The predicted molar refractivity (Wildman–Crippen MR) is 106 cm³/mol. The van der Waals surface area contributed by atoms with Gasteiger partial charge in [-0.2, -0.15) is 0 Å². The molecule has 3 aromatic rings. The van der Waals surface area contributed by atoms with Crippen LogP contribution in [0.2, 0.25) is 0 Å². The van der Waals surface area contributed by atoms with Crippen molar-refractivity contribution in [2.75, 3.05) is 0 Å². The van der Waals surface area contributed by atoms with E-state index < -0.39 is 0 Å². The van der Waals surface area contributed by atoms with Crippen LogP contribution in [-0.4, -0.2) is 19.7 Å². The molecule has 0 aliphatic heterocycles. The van der Waals surface area contributed by atoms with E-state index >= 15 is 0 Å². The molecule has 0 amide bonds. The van der Waals surface area contributed by atoms with Crippen molar-refractivity contribution >= 4 is 33.4 Å². The second kappa shape index (κ2) is 8.01. The first-order valence-corrected chi connectivity index (χ1v) is 9.84. The highest BCUT2D eigenvalue weighted by Gasteiger charge is 2.18. The molecule has 0 unspecified atom stereocenters. The molecule has 0 fully saturated rings. The van der Waals surface area contributed by atoms with Crippen molar-refractivity contribution in [3.63, 3.8) is 0 Å². The lowest BCUT2D eigenvalue weighted by Gasteiger charge is -2.09. The summed E-state index contributed by atoms with van der Waals surface area (Å²) in [5.74, 6) is 1.24. The Morgan fingerprint density at radius 3 is 2.69 bits per heavy atom. The zero-order chi connectivity index (χ0) is 18.7. The van der Waals surface area contributed by atoms with Gasteiger partial charge in [-0.1, -0.05) is 57.5 Å². The molecule has 0 aliphatic carbocycles. The maximum absolute atomic E-state index is 11.3. The van der Waals surface area contributed by atoms with Crippen LogP contribution < -0.4 is 0 Å². The molecule has 0 saturated heterocycles. The van der Waals surface area contributed by atoms with E-state index in [0.717, 1.165) is 26.6 Å². The summed E-state index contributed by atoms with van der Waals surface area (Å²) >= 11 is 5.01. The van der Waals surface area contributed by atoms with Crippen molar-refractivity contribution in [3.05, 3.63) is 68.2 Å². The Balaban J connectivity index is 1.90. The second-order valence-corrected chi connectivity index (χ2v) is 7.51. The Hall–Kier alpha value is -2.19. The van der Waals surface area contributed by atoms with Gasteiger partial charge in [0.1, 0.15) is 0 Å². The van der Waals surface area contributed by atoms with Crippen LogP contribution in [-0.2, 0) is 12.3 Å². The summed E-state index contributed by atoms with van der Waals surface area (Å²) in [7, 11) is 0. The van der Waals surface area contributed by atoms with Crippen LogP contribution in [0, 0.1) is 17.0 Å². The van der Waals surface area contributed by atoms with Gasteiger partial charge in [0, 0.05) is 34.0 Å². The number of benzene rings is 2. The van der Waals surface area contributed by atoms with Crippen molar-refractivity contribution in [2.45, 2.75) is 31.3 Å². The number of rotatable bonds is 6. The van der Waals surface area contributed by atoms with E-state index in [0.29, 0.717) is 17.9 Å². The minimum absolute atomic E-state index is 0.136. The number of halogens is 1. The fourth-order valence-corrected chi connectivity index (χ4v) is 4.12. The molecule has 0 N–H and O–H groups in total. The zero-order valence-corrected chi connectivity index (χ0v) is 16.7. The smallest absolute Gasteiger partial charge is 0.273 e. The van der Waals surface area contributed by atoms with E-state index in [1.165, 1.54) is 11.8 Å². The summed E-state index contributed by atoms with van der Waals surface area (Å²) in [6.45, 7) is 4.67. The minimum atomic E-state index is -0.341. The molecule has 0 saturated carbocycles. The Morgan fingerprint density at radius 1 is 1.23 bits per heavy atom. The summed E-state index contributed by atoms with van der Waals surface area (Å²) in [4.78, 5) is 10.9. The van der Waals surface area contributed by atoms with Gasteiger partial charge in [0.25, 0.3) is 5.69 Å². The van der Waals surface area contributed by atoms with E-state index in [2.05, 4.69) is 26.1 Å². The molecule has 1 aromatic heterocycles. The molecule has 0 atom stereocenters. The number of nitro benzene ring substituents is 1. The Labute approximate surface area is 163 Å². The van der Waals surface area contributed by atoms with Crippen LogP contribution in [0.25, 0.3) is 11.4 Å². The van der Waals surface area contributed by atoms with E-state index in [9.17, 15) is 10.1 Å². The van der Waals surface area contributed by atoms with E-state index in [-0.39, 0.29) is 10.6 Å². The van der Waals surface area contributed by atoms with E-state index in [1.807, 2.05) is 48.7 Å². The molecule has 1 heterocycles. The Kier molecular flexibility index (Phi) is 5.73. The highest BCUT2D eigenvalue weighted by Crippen LogP contribution is 2.32. The van der Waals surface area contributed by atoms with Gasteiger partial charge in [-0.3, -0.25) is 10.1 Å². The lowest BCUT2D eigenvalue weighted by atomic mass is 10.1. The van der Waals surface area contributed by atoms with Crippen LogP contribution in [0.1, 0.15) is 18.1 Å². The quantitative estimate of drug-likeness (QED) is 0.302. The monoisotopic (exact) mass is 432 g/mol. The molecule has 26 heavy (non-hydrogen) atoms. The third-order valence-electron chi connectivity index (χ3n) is 3.94. The van der Waals surface area contributed by atoms with Gasteiger partial charge in [0.15, 0.2) is 11.0 Å². The molecule has 2 aromatic carbocycles. The summed E-state index contributed by atoms with van der Waals surface area (Å²) in [5, 5.41) is 20.6. The van der Waals surface area contributed by atoms with Gasteiger partial charge in [0.05, 0.1) is 4.92 Å². The molecule has 0 radical (unpaired) electrons. The predicted octanol–water partition coefficient (Wildman–Crippen LogP) is 5.24. The van der Waals surface area contributed by atoms with Crippen molar-refractivity contribution in [1.29, 1.82) is 0 Å². The maximum Gasteiger partial charge on any atom is 0.273 e. The van der Waals surface area contributed by atoms with E-state index in [1.54, 1.807) is 12.1 Å². The first kappa shape index (κ1) is 18.6. The Bertz CT molecular complexity index is 958. The lowest BCUT2D eigenvalue weighted by molar-refractivity contribution is -0.385. The average molecular weight is 433 g/mol. The van der Waals surface area contributed by atoms with Crippen LogP contribution in [0.15, 0.2) is 52.1 Å². The molecule has 0 aliphatic rings. The van der Waals surface area contributed by atoms with Gasteiger partial charge < -0.3 is 4.57 Å². The molecular formula is C18H17BrN4O2S. The number of aromatic nitrogens is 3. The van der Waals surface area contributed by atoms with Crippen molar-refractivity contribution < 1.29 is 4.92 Å². The SMILES string of the molecule is CCn1c(SCc2cc(C)ccc2[N+](=O)[O-])nnc1-c1ccccc1Br. The second-order valence-electron chi connectivity index (χ2n) is 5.71. The summed E-state index contributed by atoms with van der Waals surface area (Å²) in [5.41, 5.74) is 2.79. The third kappa shape index (κ3) is 3.81. The summed E-state index contributed by atoms with van der Waals surface area (Å²) < 4.78 is 2.97. The zero-order valence-electron chi connectivity index (χ0n) is 14.3. The van der Waals surface area contributed by atoms with E-state index in [4.69, 9.17) is 0 Å². The Morgan fingerprint density at radius 2 is 2.00 bits per heavy atom. The van der Waals surface area contributed by atoms with Crippen LogP contribution in [0.4, 0.5) is 5.69 Å². The van der Waals surface area contributed by atoms with Gasteiger partial charge >= 0.3 is 0 Å². The molecular weight excluding hydrogens is 416 g/mol. The standard InChI is InChI=1S/C18H17BrN4O2S/c1-3-22-17(14-6-4-5-7-15(14)19)20-21-18(22)26-11-13-10-12(2)8-9-16(13)23(24)25/h4-10H,3,11H2,1-2H3. The summed E-state index contributed by atoms with van der Waals surface area (Å²) in [6.07, 6.45) is 0. The van der Waals surface area contributed by atoms with Gasteiger partial charge in [-0.25, -0.2) is 0 Å². The fourth-order valence-electron chi connectivity index (χ4n) is 2.67. The summed E-state index contributed by atoms with van der Waals surface area (Å²) in [6, 6.07) is 13.0. The number of thioether (sulfide) groups is 1. The van der Waals surface area contributed by atoms with Crippen molar-refractivity contribution in [3.8, 4) is 11.4 Å². The average Bonchev–Trinajstić information content (AvgIpc) is 3.02. The fraction of sp³-hybridized carbons (Fsp3) is 0.222. The molecule has 6 nitrogen and oxygen atoms in total. The van der Waals surface area contributed by atoms with Crippen molar-refractivity contribution in [1.82, 2.24) is 14.8 Å². The minimum Gasteiger partial charge on any atom is -0.302 e. The number of aryl methyl sites for hydroxylation is 1. The lowest BCUT2D eigenvalue weighted by Crippen LogP contribution is -2.01. The maximum atomic E-state index is 11.3. The van der Waals surface area contributed by atoms with Gasteiger partial charge in [0.2, 0.25) is 0 Å². The molecule has 0 spiro atoms. The number of hydrogen-bond acceptors (Lipinski definition) is 5. The molecule has 0 bridgehead atoms. The highest BCUT2D eigenvalue weighted by molar-refractivity contribution is 9.10. The topological polar surface area (TPSA) is 73.8 Å².